The summed E-state index contributed by atoms with van der Waals surface area (Å²) in [4.78, 5) is 14.6. The van der Waals surface area contributed by atoms with Crippen LogP contribution in [0.2, 0.25) is 0 Å². The molecule has 0 saturated heterocycles. The van der Waals surface area contributed by atoms with E-state index >= 15 is 0 Å². The number of rotatable bonds is 7. The van der Waals surface area contributed by atoms with Crippen molar-refractivity contribution in [1.82, 2.24) is 0 Å². The second kappa shape index (κ2) is 8.32. The van der Waals surface area contributed by atoms with Crippen molar-refractivity contribution < 1.29 is 9.53 Å². The van der Waals surface area contributed by atoms with Crippen LogP contribution >= 0.6 is 0 Å². The highest BCUT2D eigenvalue weighted by Gasteiger charge is 2.17. The largest absolute Gasteiger partial charge is 0.456 e. The number of azide groups is 1. The van der Waals surface area contributed by atoms with Crippen molar-refractivity contribution in [1.29, 1.82) is 0 Å². The van der Waals surface area contributed by atoms with Gasteiger partial charge >= 0.3 is 5.97 Å². The zero-order chi connectivity index (χ0) is 15.7. The van der Waals surface area contributed by atoms with Gasteiger partial charge in [0, 0.05) is 11.5 Å². The standard InChI is InChI=1S/C16H23N3O2/c1-16(2,3)21-15(20)14-10-8-13(9-11-14)7-5-4-6-12-18-19-17/h8-11H,4-7,12H2,1-3H3. The summed E-state index contributed by atoms with van der Waals surface area (Å²) in [6, 6.07) is 7.55. The Labute approximate surface area is 125 Å². The Morgan fingerprint density at radius 2 is 1.86 bits per heavy atom. The number of aryl methyl sites for hydroxylation is 1. The summed E-state index contributed by atoms with van der Waals surface area (Å²) in [7, 11) is 0. The molecule has 0 aliphatic rings. The van der Waals surface area contributed by atoms with Gasteiger partial charge in [0.2, 0.25) is 0 Å². The van der Waals surface area contributed by atoms with Gasteiger partial charge in [-0.25, -0.2) is 4.79 Å². The highest BCUT2D eigenvalue weighted by atomic mass is 16.6. The highest BCUT2D eigenvalue weighted by molar-refractivity contribution is 5.89. The number of hydrogen-bond donors (Lipinski definition) is 0. The van der Waals surface area contributed by atoms with Crippen LogP contribution in [-0.4, -0.2) is 18.1 Å². The molecule has 0 spiro atoms. The van der Waals surface area contributed by atoms with Gasteiger partial charge in [-0.2, -0.15) is 0 Å². The minimum Gasteiger partial charge on any atom is -0.456 e. The third kappa shape index (κ3) is 7.37. The van der Waals surface area contributed by atoms with E-state index in [4.69, 9.17) is 10.3 Å². The van der Waals surface area contributed by atoms with Gasteiger partial charge < -0.3 is 4.74 Å². The molecule has 114 valence electrons. The van der Waals surface area contributed by atoms with Gasteiger partial charge in [0.05, 0.1) is 5.56 Å². The first-order chi connectivity index (χ1) is 9.92. The zero-order valence-electron chi connectivity index (χ0n) is 13.0. The number of nitrogens with zero attached hydrogens (tertiary/aromatic N) is 3. The van der Waals surface area contributed by atoms with Gasteiger partial charge in [0.1, 0.15) is 5.60 Å². The number of esters is 1. The molecule has 0 aliphatic carbocycles. The number of benzene rings is 1. The topological polar surface area (TPSA) is 75.1 Å². The van der Waals surface area contributed by atoms with Crippen LogP contribution in [0, 0.1) is 0 Å². The van der Waals surface area contributed by atoms with E-state index in [-0.39, 0.29) is 5.97 Å². The molecular weight excluding hydrogens is 266 g/mol. The summed E-state index contributed by atoms with van der Waals surface area (Å²) in [5.74, 6) is -0.289. The Kier molecular flexibility index (Phi) is 6.76. The summed E-state index contributed by atoms with van der Waals surface area (Å²) in [5, 5.41) is 3.51. The molecule has 0 bridgehead atoms. The van der Waals surface area contributed by atoms with Crippen LogP contribution < -0.4 is 0 Å². The lowest BCUT2D eigenvalue weighted by atomic mass is 10.1. The van der Waals surface area contributed by atoms with Crippen LogP contribution in [0.3, 0.4) is 0 Å². The molecule has 0 unspecified atom stereocenters. The zero-order valence-corrected chi connectivity index (χ0v) is 13.0. The molecule has 0 aliphatic heterocycles. The van der Waals surface area contributed by atoms with Gasteiger partial charge in [0.25, 0.3) is 0 Å². The van der Waals surface area contributed by atoms with Crippen LogP contribution in [-0.2, 0) is 11.2 Å². The minimum atomic E-state index is -0.471. The van der Waals surface area contributed by atoms with E-state index in [0.717, 1.165) is 25.7 Å². The summed E-state index contributed by atoms with van der Waals surface area (Å²) >= 11 is 0. The maximum atomic E-state index is 11.9. The molecule has 0 radical (unpaired) electrons. The van der Waals surface area contributed by atoms with Crippen molar-refractivity contribution >= 4 is 5.97 Å². The lowest BCUT2D eigenvalue weighted by Gasteiger charge is -2.19. The molecule has 21 heavy (non-hydrogen) atoms. The van der Waals surface area contributed by atoms with E-state index in [9.17, 15) is 4.79 Å². The van der Waals surface area contributed by atoms with Crippen LogP contribution in [0.4, 0.5) is 0 Å². The summed E-state index contributed by atoms with van der Waals surface area (Å²) in [6.45, 7) is 6.13. The van der Waals surface area contributed by atoms with E-state index in [1.165, 1.54) is 5.56 Å². The Hall–Kier alpha value is -2.00. The first kappa shape index (κ1) is 17.1. The van der Waals surface area contributed by atoms with E-state index in [1.54, 1.807) is 0 Å². The average Bonchev–Trinajstić information content (AvgIpc) is 2.41. The first-order valence-corrected chi connectivity index (χ1v) is 7.25. The van der Waals surface area contributed by atoms with Crippen molar-refractivity contribution in [2.24, 2.45) is 5.11 Å². The van der Waals surface area contributed by atoms with E-state index in [1.807, 2.05) is 45.0 Å². The highest BCUT2D eigenvalue weighted by Crippen LogP contribution is 2.14. The maximum absolute atomic E-state index is 11.9. The number of ether oxygens (including phenoxy) is 1. The van der Waals surface area contributed by atoms with Crippen LogP contribution in [0.25, 0.3) is 10.4 Å². The summed E-state index contributed by atoms with van der Waals surface area (Å²) in [5.41, 5.74) is 9.47. The van der Waals surface area contributed by atoms with Crippen molar-refractivity contribution in [3.63, 3.8) is 0 Å². The molecule has 0 atom stereocenters. The lowest BCUT2D eigenvalue weighted by Crippen LogP contribution is -2.23. The number of unbranched alkanes of at least 4 members (excludes halogenated alkanes) is 2. The fourth-order valence-electron chi connectivity index (χ4n) is 1.88. The van der Waals surface area contributed by atoms with Gasteiger partial charge in [-0.05, 0) is 63.3 Å². The van der Waals surface area contributed by atoms with Crippen LogP contribution in [0.15, 0.2) is 29.4 Å². The van der Waals surface area contributed by atoms with E-state index < -0.39 is 5.60 Å². The summed E-state index contributed by atoms with van der Waals surface area (Å²) < 4.78 is 5.32. The van der Waals surface area contributed by atoms with Crippen molar-refractivity contribution in [2.75, 3.05) is 6.54 Å². The van der Waals surface area contributed by atoms with Gasteiger partial charge in [-0.15, -0.1) is 0 Å². The van der Waals surface area contributed by atoms with Crippen LogP contribution in [0.1, 0.15) is 56.0 Å². The molecular formula is C16H23N3O2. The Morgan fingerprint density at radius 1 is 1.19 bits per heavy atom. The molecule has 1 rings (SSSR count). The second-order valence-corrected chi connectivity index (χ2v) is 5.96. The monoisotopic (exact) mass is 289 g/mol. The van der Waals surface area contributed by atoms with E-state index in [0.29, 0.717) is 12.1 Å². The quantitative estimate of drug-likeness (QED) is 0.240. The van der Waals surface area contributed by atoms with Crippen molar-refractivity contribution in [3.05, 3.63) is 45.8 Å². The Balaban J connectivity index is 2.40. The average molecular weight is 289 g/mol. The molecule has 1 aromatic carbocycles. The molecule has 5 heteroatoms. The Bertz CT molecular complexity index is 497. The molecule has 0 amide bonds. The van der Waals surface area contributed by atoms with Gasteiger partial charge in [0.15, 0.2) is 0 Å². The predicted octanol–water partition coefficient (Wildman–Crippen LogP) is 4.67. The van der Waals surface area contributed by atoms with Crippen molar-refractivity contribution in [2.45, 2.75) is 52.1 Å². The summed E-state index contributed by atoms with van der Waals surface area (Å²) in [6.07, 6.45) is 3.96. The third-order valence-corrected chi connectivity index (χ3v) is 2.88. The predicted molar refractivity (Wildman–Crippen MR) is 83.2 cm³/mol. The molecule has 0 fully saturated rings. The van der Waals surface area contributed by atoms with Gasteiger partial charge in [-0.1, -0.05) is 23.7 Å². The molecule has 0 heterocycles. The number of carbonyl (C=O) groups excluding carboxylic acids is 1. The molecule has 0 aromatic heterocycles. The van der Waals surface area contributed by atoms with Crippen molar-refractivity contribution in [3.8, 4) is 0 Å². The molecule has 0 saturated carbocycles. The van der Waals surface area contributed by atoms with E-state index in [2.05, 4.69) is 10.0 Å². The SMILES string of the molecule is CC(C)(C)OC(=O)c1ccc(CCCCCN=[N+]=[N-])cc1. The maximum Gasteiger partial charge on any atom is 0.338 e. The number of carbonyl (C=O) groups is 1. The fraction of sp³-hybridized carbons (Fsp3) is 0.562. The fourth-order valence-corrected chi connectivity index (χ4v) is 1.88. The molecule has 1 aromatic rings. The molecule has 0 N–H and O–H groups in total. The van der Waals surface area contributed by atoms with Crippen LogP contribution in [0.5, 0.6) is 0 Å². The number of hydrogen-bond acceptors (Lipinski definition) is 3. The third-order valence-electron chi connectivity index (χ3n) is 2.88. The minimum absolute atomic E-state index is 0.289. The lowest BCUT2D eigenvalue weighted by molar-refractivity contribution is 0.00695. The Morgan fingerprint density at radius 3 is 2.43 bits per heavy atom. The van der Waals surface area contributed by atoms with Gasteiger partial charge in [-0.3, -0.25) is 0 Å². The normalized spacial score (nSPS) is 10.8. The smallest absolute Gasteiger partial charge is 0.338 e. The first-order valence-electron chi connectivity index (χ1n) is 7.25. The second-order valence-electron chi connectivity index (χ2n) is 5.96. The molecule has 5 nitrogen and oxygen atoms in total.